The van der Waals surface area contributed by atoms with Crippen molar-refractivity contribution >= 4 is 16.3 Å². The first-order valence-corrected chi connectivity index (χ1v) is 6.36. The third-order valence-corrected chi connectivity index (χ3v) is 3.21. The number of hydrogen-bond donors (Lipinski definition) is 1. The summed E-state index contributed by atoms with van der Waals surface area (Å²) in [7, 11) is 0. The molecule has 0 atom stereocenters. The Kier molecular flexibility index (Phi) is 4.62. The average molecular weight is 258 g/mol. The van der Waals surface area contributed by atoms with Gasteiger partial charge in [0.05, 0.1) is 10.5 Å². The maximum atomic E-state index is 10.6. The number of nitrogens with zero attached hydrogens (tertiary/aromatic N) is 2. The second-order valence-electron chi connectivity index (χ2n) is 4.67. The van der Waals surface area contributed by atoms with Crippen LogP contribution in [0.15, 0.2) is 11.4 Å². The minimum Gasteiger partial charge on any atom is -0.389 e. The zero-order valence-corrected chi connectivity index (χ0v) is 11.2. The monoisotopic (exact) mass is 258 g/mol. The molecule has 1 aromatic rings. The molecule has 0 saturated carbocycles. The van der Waals surface area contributed by atoms with Crippen LogP contribution in [-0.2, 0) is 6.54 Å². The van der Waals surface area contributed by atoms with Gasteiger partial charge in [0, 0.05) is 24.5 Å². The van der Waals surface area contributed by atoms with Crippen molar-refractivity contribution in [3.8, 4) is 0 Å². The van der Waals surface area contributed by atoms with Crippen molar-refractivity contribution in [3.05, 3.63) is 27.1 Å². The van der Waals surface area contributed by atoms with E-state index in [1.54, 1.807) is 25.3 Å². The van der Waals surface area contributed by atoms with Gasteiger partial charge in [0.25, 0.3) is 0 Å². The smallest absolute Gasteiger partial charge is 0.324 e. The molecular formula is C11H18N2O3S. The van der Waals surface area contributed by atoms with Crippen molar-refractivity contribution in [1.29, 1.82) is 0 Å². The summed E-state index contributed by atoms with van der Waals surface area (Å²) in [6.07, 6.45) is 0. The fourth-order valence-electron chi connectivity index (χ4n) is 1.63. The molecule has 0 radical (unpaired) electrons. The largest absolute Gasteiger partial charge is 0.389 e. The molecule has 96 valence electrons. The SMILES string of the molecule is CCN(Cc1csc([N+](=O)[O-])c1)CC(C)(C)O. The van der Waals surface area contributed by atoms with E-state index in [4.69, 9.17) is 0 Å². The fourth-order valence-corrected chi connectivity index (χ4v) is 2.35. The number of likely N-dealkylation sites (N-methyl/N-ethyl adjacent to an activating group) is 1. The predicted molar refractivity (Wildman–Crippen MR) is 68.2 cm³/mol. The van der Waals surface area contributed by atoms with E-state index in [0.717, 1.165) is 23.4 Å². The Hall–Kier alpha value is -0.980. The number of thiophene rings is 1. The van der Waals surface area contributed by atoms with Crippen molar-refractivity contribution in [2.45, 2.75) is 32.9 Å². The highest BCUT2D eigenvalue weighted by atomic mass is 32.1. The molecule has 0 fully saturated rings. The lowest BCUT2D eigenvalue weighted by Crippen LogP contribution is -2.38. The molecule has 0 aliphatic heterocycles. The molecule has 1 heterocycles. The number of nitro groups is 1. The van der Waals surface area contributed by atoms with Gasteiger partial charge in [-0.25, -0.2) is 0 Å². The molecule has 1 aromatic heterocycles. The van der Waals surface area contributed by atoms with Crippen LogP contribution >= 0.6 is 11.3 Å². The van der Waals surface area contributed by atoms with Crippen molar-refractivity contribution in [2.24, 2.45) is 0 Å². The second kappa shape index (κ2) is 5.57. The summed E-state index contributed by atoms with van der Waals surface area (Å²) in [6, 6.07) is 1.59. The molecule has 0 aliphatic rings. The van der Waals surface area contributed by atoms with Crippen LogP contribution < -0.4 is 0 Å². The van der Waals surface area contributed by atoms with Crippen molar-refractivity contribution < 1.29 is 10.0 Å². The van der Waals surface area contributed by atoms with Gasteiger partial charge in [0.1, 0.15) is 0 Å². The summed E-state index contributed by atoms with van der Waals surface area (Å²) in [6.45, 7) is 7.50. The molecule has 0 amide bonds. The van der Waals surface area contributed by atoms with Crippen molar-refractivity contribution in [2.75, 3.05) is 13.1 Å². The van der Waals surface area contributed by atoms with Crippen LogP contribution in [0.1, 0.15) is 26.3 Å². The minimum absolute atomic E-state index is 0.166. The summed E-state index contributed by atoms with van der Waals surface area (Å²) >= 11 is 1.14. The lowest BCUT2D eigenvalue weighted by Gasteiger charge is -2.27. The Morgan fingerprint density at radius 1 is 1.59 bits per heavy atom. The molecule has 1 N–H and O–H groups in total. The molecule has 0 aromatic carbocycles. The summed E-state index contributed by atoms with van der Waals surface area (Å²) in [5.74, 6) is 0. The predicted octanol–water partition coefficient (Wildman–Crippen LogP) is 2.25. The Balaban J connectivity index is 2.64. The van der Waals surface area contributed by atoms with Gasteiger partial charge >= 0.3 is 5.00 Å². The van der Waals surface area contributed by atoms with Crippen LogP contribution in [0.5, 0.6) is 0 Å². The van der Waals surface area contributed by atoms with Crippen molar-refractivity contribution in [1.82, 2.24) is 4.90 Å². The van der Waals surface area contributed by atoms with Gasteiger partial charge in [-0.15, -0.1) is 0 Å². The van der Waals surface area contributed by atoms with Crippen LogP contribution in [0, 0.1) is 10.1 Å². The fraction of sp³-hybridized carbons (Fsp3) is 0.636. The molecule has 0 spiro atoms. The highest BCUT2D eigenvalue weighted by Gasteiger charge is 2.18. The van der Waals surface area contributed by atoms with Gasteiger partial charge < -0.3 is 5.11 Å². The van der Waals surface area contributed by atoms with E-state index >= 15 is 0 Å². The summed E-state index contributed by atoms with van der Waals surface area (Å²) in [5.41, 5.74) is 0.172. The molecular weight excluding hydrogens is 240 g/mol. The van der Waals surface area contributed by atoms with Crippen LogP contribution in [-0.4, -0.2) is 33.6 Å². The highest BCUT2D eigenvalue weighted by molar-refractivity contribution is 7.13. The molecule has 0 aliphatic carbocycles. The molecule has 6 heteroatoms. The lowest BCUT2D eigenvalue weighted by molar-refractivity contribution is -0.380. The quantitative estimate of drug-likeness (QED) is 0.627. The van der Waals surface area contributed by atoms with Gasteiger partial charge in [0.15, 0.2) is 0 Å². The Labute approximate surface area is 105 Å². The average Bonchev–Trinajstić information content (AvgIpc) is 2.63. The molecule has 17 heavy (non-hydrogen) atoms. The summed E-state index contributed by atoms with van der Waals surface area (Å²) in [5, 5.41) is 22.3. The van der Waals surface area contributed by atoms with Crippen molar-refractivity contribution in [3.63, 3.8) is 0 Å². The Morgan fingerprint density at radius 2 is 2.24 bits per heavy atom. The standard InChI is InChI=1S/C11H18N2O3S/c1-4-12(8-11(2,3)14)6-9-5-10(13(15)16)17-7-9/h5,7,14H,4,6,8H2,1-3H3. The zero-order valence-electron chi connectivity index (χ0n) is 10.3. The molecule has 5 nitrogen and oxygen atoms in total. The summed E-state index contributed by atoms with van der Waals surface area (Å²) < 4.78 is 0. The third kappa shape index (κ3) is 4.80. The van der Waals surface area contributed by atoms with Gasteiger partial charge in [-0.1, -0.05) is 18.3 Å². The maximum Gasteiger partial charge on any atom is 0.324 e. The normalized spacial score (nSPS) is 12.1. The first-order valence-electron chi connectivity index (χ1n) is 5.48. The summed E-state index contributed by atoms with van der Waals surface area (Å²) in [4.78, 5) is 12.2. The van der Waals surface area contributed by atoms with E-state index in [2.05, 4.69) is 4.90 Å². The van der Waals surface area contributed by atoms with E-state index in [1.807, 2.05) is 6.92 Å². The van der Waals surface area contributed by atoms with E-state index in [0.29, 0.717) is 13.1 Å². The zero-order chi connectivity index (χ0) is 13.1. The van der Waals surface area contributed by atoms with E-state index in [-0.39, 0.29) is 9.92 Å². The molecule has 0 bridgehead atoms. The van der Waals surface area contributed by atoms with E-state index < -0.39 is 5.60 Å². The Bertz CT molecular complexity index is 384. The van der Waals surface area contributed by atoms with Gasteiger partial charge in [-0.3, -0.25) is 15.0 Å². The second-order valence-corrected chi connectivity index (χ2v) is 5.56. The number of hydrogen-bond acceptors (Lipinski definition) is 5. The van der Waals surface area contributed by atoms with Gasteiger partial charge in [-0.2, -0.15) is 0 Å². The number of rotatable bonds is 6. The highest BCUT2D eigenvalue weighted by Crippen LogP contribution is 2.23. The van der Waals surface area contributed by atoms with Crippen LogP contribution in [0.2, 0.25) is 0 Å². The van der Waals surface area contributed by atoms with Crippen LogP contribution in [0.3, 0.4) is 0 Å². The maximum absolute atomic E-state index is 10.6. The first kappa shape index (κ1) is 14.1. The van der Waals surface area contributed by atoms with Gasteiger partial charge in [0.2, 0.25) is 0 Å². The number of aliphatic hydroxyl groups is 1. The molecule has 1 rings (SSSR count). The van der Waals surface area contributed by atoms with E-state index in [1.165, 1.54) is 0 Å². The molecule has 0 saturated heterocycles. The lowest BCUT2D eigenvalue weighted by atomic mass is 10.1. The topological polar surface area (TPSA) is 66.6 Å². The molecule has 0 unspecified atom stereocenters. The Morgan fingerprint density at radius 3 is 2.65 bits per heavy atom. The van der Waals surface area contributed by atoms with Crippen LogP contribution in [0.4, 0.5) is 5.00 Å². The van der Waals surface area contributed by atoms with Gasteiger partial charge in [-0.05, 0) is 26.0 Å². The third-order valence-electron chi connectivity index (χ3n) is 2.28. The van der Waals surface area contributed by atoms with E-state index in [9.17, 15) is 15.2 Å². The first-order chi connectivity index (χ1) is 7.81. The minimum atomic E-state index is -0.752. The van der Waals surface area contributed by atoms with Crippen LogP contribution in [0.25, 0.3) is 0 Å².